The monoisotopic (exact) mass is 497 g/mol. The molecular formula is C19H40IN5O2. The number of carbonyl (C=O) groups excluding carboxylic acids is 1. The quantitative estimate of drug-likeness (QED) is 0.322. The highest BCUT2D eigenvalue weighted by molar-refractivity contribution is 14.0. The van der Waals surface area contributed by atoms with Crippen LogP contribution in [0.5, 0.6) is 0 Å². The lowest BCUT2D eigenvalue weighted by Crippen LogP contribution is -2.46. The summed E-state index contributed by atoms with van der Waals surface area (Å²) in [6.07, 6.45) is 2.24. The molecule has 0 radical (unpaired) electrons. The van der Waals surface area contributed by atoms with Crippen molar-refractivity contribution in [2.24, 2.45) is 10.9 Å². The summed E-state index contributed by atoms with van der Waals surface area (Å²) in [5.41, 5.74) is -0.467. The molecule has 2 atom stereocenters. The van der Waals surface area contributed by atoms with Gasteiger partial charge >= 0.3 is 6.09 Å². The van der Waals surface area contributed by atoms with E-state index in [1.54, 1.807) is 19.0 Å². The zero-order valence-electron chi connectivity index (χ0n) is 18.2. The summed E-state index contributed by atoms with van der Waals surface area (Å²) in [6.45, 7) is 14.6. The van der Waals surface area contributed by atoms with Gasteiger partial charge in [0.25, 0.3) is 0 Å². The van der Waals surface area contributed by atoms with Crippen LogP contribution in [0.1, 0.15) is 47.5 Å². The van der Waals surface area contributed by atoms with Crippen LogP contribution in [0.2, 0.25) is 0 Å². The minimum Gasteiger partial charge on any atom is -0.444 e. The highest BCUT2D eigenvalue weighted by atomic mass is 127. The maximum Gasteiger partial charge on any atom is 0.410 e. The number of carbonyl (C=O) groups is 1. The van der Waals surface area contributed by atoms with Crippen LogP contribution in [0.4, 0.5) is 4.79 Å². The maximum atomic E-state index is 12.0. The van der Waals surface area contributed by atoms with E-state index in [1.165, 1.54) is 19.4 Å². The molecule has 160 valence electrons. The van der Waals surface area contributed by atoms with Crippen molar-refractivity contribution in [3.05, 3.63) is 0 Å². The molecule has 2 unspecified atom stereocenters. The number of rotatable bonds is 7. The Kier molecular flexibility index (Phi) is 12.3. The molecule has 1 amide bonds. The number of guanidine groups is 1. The maximum absolute atomic E-state index is 12.0. The van der Waals surface area contributed by atoms with E-state index in [0.29, 0.717) is 12.6 Å². The molecule has 0 aromatic rings. The number of nitrogens with zero attached hydrogens (tertiary/aromatic N) is 3. The zero-order valence-corrected chi connectivity index (χ0v) is 20.5. The van der Waals surface area contributed by atoms with Crippen molar-refractivity contribution < 1.29 is 9.53 Å². The van der Waals surface area contributed by atoms with Crippen LogP contribution >= 0.6 is 24.0 Å². The summed E-state index contributed by atoms with van der Waals surface area (Å²) in [5.74, 6) is 1.10. The van der Waals surface area contributed by atoms with Crippen LogP contribution in [0.25, 0.3) is 0 Å². The Balaban J connectivity index is 0.00000676. The largest absolute Gasteiger partial charge is 0.444 e. The molecule has 1 aliphatic rings. The summed E-state index contributed by atoms with van der Waals surface area (Å²) in [4.78, 5) is 20.5. The Labute approximate surface area is 182 Å². The highest BCUT2D eigenvalue weighted by Gasteiger charge is 2.23. The molecular weight excluding hydrogens is 457 g/mol. The Bertz CT molecular complexity index is 468. The van der Waals surface area contributed by atoms with E-state index >= 15 is 0 Å². The first-order valence-corrected chi connectivity index (χ1v) is 9.79. The number of aliphatic imine (C=N–C) groups is 1. The topological polar surface area (TPSA) is 69.2 Å². The minimum absolute atomic E-state index is 0. The van der Waals surface area contributed by atoms with E-state index in [2.05, 4.69) is 34.4 Å². The summed E-state index contributed by atoms with van der Waals surface area (Å²) >= 11 is 0. The molecule has 27 heavy (non-hydrogen) atoms. The fourth-order valence-corrected chi connectivity index (χ4v) is 3.20. The minimum atomic E-state index is -0.467. The third-order valence-corrected chi connectivity index (χ3v) is 4.54. The molecule has 1 fully saturated rings. The number of nitrogens with one attached hydrogen (secondary N) is 2. The first-order chi connectivity index (χ1) is 12.2. The fourth-order valence-electron chi connectivity index (χ4n) is 3.20. The molecule has 1 rings (SSSR count). The summed E-state index contributed by atoms with van der Waals surface area (Å²) in [6, 6.07) is 0.592. The molecule has 2 N–H and O–H groups in total. The van der Waals surface area contributed by atoms with Crippen LogP contribution in [0.3, 0.4) is 0 Å². The van der Waals surface area contributed by atoms with Gasteiger partial charge in [0, 0.05) is 39.8 Å². The van der Waals surface area contributed by atoms with Crippen molar-refractivity contribution in [2.45, 2.75) is 59.1 Å². The van der Waals surface area contributed by atoms with Crippen LogP contribution in [-0.2, 0) is 4.74 Å². The smallest absolute Gasteiger partial charge is 0.410 e. The van der Waals surface area contributed by atoms with Crippen molar-refractivity contribution in [2.75, 3.05) is 46.8 Å². The second-order valence-corrected chi connectivity index (χ2v) is 8.22. The number of hydrogen-bond donors (Lipinski definition) is 2. The number of ether oxygens (including phenoxy) is 1. The number of likely N-dealkylation sites (N-methyl/N-ethyl adjacent to an activating group) is 1. The molecule has 1 aliphatic heterocycles. The number of likely N-dealkylation sites (tertiary alicyclic amines) is 1. The average molecular weight is 497 g/mol. The van der Waals surface area contributed by atoms with Crippen LogP contribution in [-0.4, -0.2) is 80.3 Å². The van der Waals surface area contributed by atoms with Crippen molar-refractivity contribution in [1.82, 2.24) is 20.4 Å². The van der Waals surface area contributed by atoms with Gasteiger partial charge in [0.05, 0.1) is 0 Å². The van der Waals surface area contributed by atoms with Crippen molar-refractivity contribution in [3.8, 4) is 0 Å². The molecule has 8 heteroatoms. The van der Waals surface area contributed by atoms with Gasteiger partial charge in [-0.05, 0) is 52.6 Å². The molecule has 0 saturated carbocycles. The highest BCUT2D eigenvalue weighted by Crippen LogP contribution is 2.15. The van der Waals surface area contributed by atoms with Gasteiger partial charge in [0.1, 0.15) is 5.60 Å². The van der Waals surface area contributed by atoms with Gasteiger partial charge < -0.3 is 20.3 Å². The third-order valence-electron chi connectivity index (χ3n) is 4.54. The Morgan fingerprint density at radius 3 is 2.59 bits per heavy atom. The summed E-state index contributed by atoms with van der Waals surface area (Å²) in [5, 5.41) is 6.79. The Morgan fingerprint density at radius 2 is 2.04 bits per heavy atom. The first kappa shape index (κ1) is 26.2. The second kappa shape index (κ2) is 12.6. The lowest BCUT2D eigenvalue weighted by Gasteiger charge is -2.27. The standard InChI is InChI=1S/C19H39N5O2.HI/c1-8-24-11-9-10-16(24)13-22-17(20-6)21-12-15(2)14-23(7)18(25)26-19(3,4)5;/h15-16H,8-14H2,1-7H3,(H2,20,21,22);1H. The molecule has 0 aliphatic carbocycles. The van der Waals surface area contributed by atoms with Crippen molar-refractivity contribution >= 4 is 36.0 Å². The summed E-state index contributed by atoms with van der Waals surface area (Å²) in [7, 11) is 3.57. The Hall–Kier alpha value is -0.770. The predicted octanol–water partition coefficient (Wildman–Crippen LogP) is 2.76. The average Bonchev–Trinajstić information content (AvgIpc) is 3.00. The van der Waals surface area contributed by atoms with Gasteiger partial charge in [-0.3, -0.25) is 9.89 Å². The lowest BCUT2D eigenvalue weighted by molar-refractivity contribution is 0.0278. The van der Waals surface area contributed by atoms with Crippen LogP contribution in [0, 0.1) is 5.92 Å². The van der Waals surface area contributed by atoms with Gasteiger partial charge in [-0.25, -0.2) is 4.79 Å². The van der Waals surface area contributed by atoms with E-state index in [-0.39, 0.29) is 36.0 Å². The van der Waals surface area contributed by atoms with E-state index in [4.69, 9.17) is 4.74 Å². The fraction of sp³-hybridized carbons (Fsp3) is 0.895. The molecule has 0 aromatic carbocycles. The Morgan fingerprint density at radius 1 is 1.37 bits per heavy atom. The molecule has 0 aromatic heterocycles. The normalized spacial score (nSPS) is 19.2. The molecule has 0 spiro atoms. The van der Waals surface area contributed by atoms with E-state index in [9.17, 15) is 4.79 Å². The van der Waals surface area contributed by atoms with Gasteiger partial charge in [-0.1, -0.05) is 13.8 Å². The third kappa shape index (κ3) is 10.4. The first-order valence-electron chi connectivity index (χ1n) is 9.79. The number of halogens is 1. The van der Waals surface area contributed by atoms with Crippen LogP contribution in [0.15, 0.2) is 4.99 Å². The lowest BCUT2D eigenvalue weighted by atomic mass is 10.1. The van der Waals surface area contributed by atoms with E-state index < -0.39 is 5.60 Å². The second-order valence-electron chi connectivity index (χ2n) is 8.22. The molecule has 1 heterocycles. The van der Waals surface area contributed by atoms with Crippen molar-refractivity contribution in [1.29, 1.82) is 0 Å². The van der Waals surface area contributed by atoms with Gasteiger partial charge in [-0.15, -0.1) is 24.0 Å². The molecule has 7 nitrogen and oxygen atoms in total. The predicted molar refractivity (Wildman–Crippen MR) is 123 cm³/mol. The molecule has 1 saturated heterocycles. The van der Waals surface area contributed by atoms with E-state index in [1.807, 2.05) is 20.8 Å². The molecule has 0 bridgehead atoms. The zero-order chi connectivity index (χ0) is 19.7. The van der Waals surface area contributed by atoms with Crippen molar-refractivity contribution in [3.63, 3.8) is 0 Å². The van der Waals surface area contributed by atoms with Gasteiger partial charge in [0.15, 0.2) is 5.96 Å². The van der Waals surface area contributed by atoms with Gasteiger partial charge in [-0.2, -0.15) is 0 Å². The summed E-state index contributed by atoms with van der Waals surface area (Å²) < 4.78 is 5.39. The number of amides is 1. The number of hydrogen-bond acceptors (Lipinski definition) is 4. The van der Waals surface area contributed by atoms with E-state index in [0.717, 1.165) is 25.6 Å². The SMILES string of the molecule is CCN1CCCC1CNC(=NC)NCC(C)CN(C)C(=O)OC(C)(C)C.I. The van der Waals surface area contributed by atoms with Crippen LogP contribution < -0.4 is 10.6 Å². The van der Waals surface area contributed by atoms with Gasteiger partial charge in [0.2, 0.25) is 0 Å².